The monoisotopic (exact) mass is 625 g/mol. The van der Waals surface area contributed by atoms with E-state index in [9.17, 15) is 18.0 Å². The number of aryl methyl sites for hydroxylation is 1. The minimum Gasteiger partial charge on any atom is -0.497 e. The first-order valence-electron chi connectivity index (χ1n) is 14.7. The molecule has 3 aromatic carbocycles. The zero-order valence-electron chi connectivity index (χ0n) is 25.0. The van der Waals surface area contributed by atoms with E-state index in [1.54, 1.807) is 43.5 Å². The van der Waals surface area contributed by atoms with Crippen LogP contribution in [0, 0.1) is 6.92 Å². The van der Waals surface area contributed by atoms with Crippen LogP contribution in [-0.2, 0) is 26.2 Å². The summed E-state index contributed by atoms with van der Waals surface area (Å²) in [4.78, 5) is 29.5. The molecule has 1 aliphatic carbocycles. The maximum atomic E-state index is 14.3. The number of hydrogen-bond donors (Lipinski definition) is 1. The summed E-state index contributed by atoms with van der Waals surface area (Å²) in [5.41, 5.74) is 1.92. The molecule has 8 nitrogen and oxygen atoms in total. The minimum absolute atomic E-state index is 0.0484. The Hall–Kier alpha value is -3.56. The van der Waals surface area contributed by atoms with Crippen molar-refractivity contribution >= 4 is 39.1 Å². The standard InChI is InChI=1S/C33H40ClN3O5S/c1-4-31(33(39)35-27-12-6-5-7-13-27)36(22-25-10-8-15-29(20-25)42-3)32(38)23-37(28-14-9-11-26(34)21-28)43(40,41)30-18-16-24(2)17-19-30/h8-11,14-21,27,31H,4-7,12-13,22-23H2,1-3H3,(H,35,39). The van der Waals surface area contributed by atoms with Crippen LogP contribution in [0.15, 0.2) is 77.7 Å². The Labute approximate surface area is 260 Å². The van der Waals surface area contributed by atoms with Gasteiger partial charge in [0.2, 0.25) is 11.8 Å². The van der Waals surface area contributed by atoms with Gasteiger partial charge in [-0.05, 0) is 74.2 Å². The summed E-state index contributed by atoms with van der Waals surface area (Å²) in [5, 5.41) is 3.49. The van der Waals surface area contributed by atoms with Crippen LogP contribution in [-0.4, -0.2) is 50.9 Å². The topological polar surface area (TPSA) is 96.0 Å². The Bertz CT molecular complexity index is 1510. The van der Waals surface area contributed by atoms with E-state index in [1.807, 2.05) is 32.0 Å². The highest BCUT2D eigenvalue weighted by Gasteiger charge is 2.34. The number of sulfonamides is 1. The number of benzene rings is 3. The van der Waals surface area contributed by atoms with Crippen LogP contribution < -0.4 is 14.4 Å². The summed E-state index contributed by atoms with van der Waals surface area (Å²) in [6.07, 6.45) is 5.43. The van der Waals surface area contributed by atoms with Crippen LogP contribution in [0.5, 0.6) is 5.75 Å². The lowest BCUT2D eigenvalue weighted by atomic mass is 9.95. The molecule has 0 heterocycles. The molecule has 0 aliphatic heterocycles. The molecule has 1 N–H and O–H groups in total. The van der Waals surface area contributed by atoms with Gasteiger partial charge in [-0.2, -0.15) is 0 Å². The van der Waals surface area contributed by atoms with E-state index in [0.29, 0.717) is 17.2 Å². The molecule has 3 aromatic rings. The molecule has 0 radical (unpaired) electrons. The van der Waals surface area contributed by atoms with Gasteiger partial charge in [-0.25, -0.2) is 8.42 Å². The highest BCUT2D eigenvalue weighted by molar-refractivity contribution is 7.92. The van der Waals surface area contributed by atoms with Gasteiger partial charge in [0.25, 0.3) is 10.0 Å². The largest absolute Gasteiger partial charge is 0.497 e. The van der Waals surface area contributed by atoms with E-state index in [-0.39, 0.29) is 29.1 Å². The number of ether oxygens (including phenoxy) is 1. The quantitative estimate of drug-likeness (QED) is 0.262. The summed E-state index contributed by atoms with van der Waals surface area (Å²) in [5.74, 6) is -0.127. The Morgan fingerprint density at radius 2 is 1.70 bits per heavy atom. The maximum Gasteiger partial charge on any atom is 0.264 e. The average Bonchev–Trinajstić information content (AvgIpc) is 3.00. The predicted octanol–water partition coefficient (Wildman–Crippen LogP) is 6.11. The third kappa shape index (κ3) is 8.30. The number of hydrogen-bond acceptors (Lipinski definition) is 5. The zero-order chi connectivity index (χ0) is 31.0. The Morgan fingerprint density at radius 3 is 2.35 bits per heavy atom. The first-order chi connectivity index (χ1) is 20.6. The lowest BCUT2D eigenvalue weighted by Crippen LogP contribution is -2.54. The highest BCUT2D eigenvalue weighted by Crippen LogP contribution is 2.28. The number of methoxy groups -OCH3 is 1. The molecule has 0 aromatic heterocycles. The summed E-state index contributed by atoms with van der Waals surface area (Å²) >= 11 is 6.27. The molecule has 1 unspecified atom stereocenters. The van der Waals surface area contributed by atoms with Crippen molar-refractivity contribution in [2.24, 2.45) is 0 Å². The molecule has 1 aliphatic rings. The summed E-state index contributed by atoms with van der Waals surface area (Å²) < 4.78 is 34.5. The molecular weight excluding hydrogens is 586 g/mol. The third-order valence-corrected chi connectivity index (χ3v) is 9.83. The van der Waals surface area contributed by atoms with Gasteiger partial charge < -0.3 is 15.0 Å². The second-order valence-corrected chi connectivity index (χ2v) is 13.2. The number of rotatable bonds is 12. The van der Waals surface area contributed by atoms with Crippen LogP contribution in [0.2, 0.25) is 5.02 Å². The van der Waals surface area contributed by atoms with Crippen LogP contribution in [0.4, 0.5) is 5.69 Å². The lowest BCUT2D eigenvalue weighted by molar-refractivity contribution is -0.140. The summed E-state index contributed by atoms with van der Waals surface area (Å²) in [6, 6.07) is 19.4. The fraction of sp³-hybridized carbons (Fsp3) is 0.394. The molecule has 0 spiro atoms. The van der Waals surface area contributed by atoms with Crippen molar-refractivity contribution in [3.63, 3.8) is 0 Å². The van der Waals surface area contributed by atoms with E-state index in [1.165, 1.54) is 23.1 Å². The van der Waals surface area contributed by atoms with Gasteiger partial charge in [0.1, 0.15) is 18.3 Å². The van der Waals surface area contributed by atoms with Crippen molar-refractivity contribution in [3.8, 4) is 5.75 Å². The molecule has 0 saturated heterocycles. The SMILES string of the molecule is CCC(C(=O)NC1CCCCC1)N(Cc1cccc(OC)c1)C(=O)CN(c1cccc(Cl)c1)S(=O)(=O)c1ccc(C)cc1. The van der Waals surface area contributed by atoms with Gasteiger partial charge in [0.05, 0.1) is 17.7 Å². The average molecular weight is 626 g/mol. The van der Waals surface area contributed by atoms with E-state index in [2.05, 4.69) is 5.32 Å². The van der Waals surface area contributed by atoms with Crippen molar-refractivity contribution in [2.45, 2.75) is 75.9 Å². The molecule has 230 valence electrons. The molecule has 43 heavy (non-hydrogen) atoms. The summed E-state index contributed by atoms with van der Waals surface area (Å²) in [6.45, 7) is 3.30. The second kappa shape index (κ2) is 14.8. The number of halogens is 1. The lowest BCUT2D eigenvalue weighted by Gasteiger charge is -2.34. The van der Waals surface area contributed by atoms with Crippen molar-refractivity contribution in [1.82, 2.24) is 10.2 Å². The van der Waals surface area contributed by atoms with E-state index >= 15 is 0 Å². The van der Waals surface area contributed by atoms with Gasteiger partial charge in [0, 0.05) is 17.6 Å². The fourth-order valence-corrected chi connectivity index (χ4v) is 7.02. The smallest absolute Gasteiger partial charge is 0.264 e. The number of carbonyl (C=O) groups is 2. The van der Waals surface area contributed by atoms with E-state index in [0.717, 1.165) is 47.5 Å². The molecule has 1 fully saturated rings. The van der Waals surface area contributed by atoms with E-state index < -0.39 is 28.5 Å². The minimum atomic E-state index is -4.17. The van der Waals surface area contributed by atoms with Gasteiger partial charge in [-0.3, -0.25) is 13.9 Å². The molecule has 0 bridgehead atoms. The molecule has 4 rings (SSSR count). The van der Waals surface area contributed by atoms with E-state index in [4.69, 9.17) is 16.3 Å². The number of nitrogens with zero attached hydrogens (tertiary/aromatic N) is 2. The highest BCUT2D eigenvalue weighted by atomic mass is 35.5. The predicted molar refractivity (Wildman–Crippen MR) is 170 cm³/mol. The van der Waals surface area contributed by atoms with Gasteiger partial charge >= 0.3 is 0 Å². The number of nitrogens with one attached hydrogen (secondary N) is 1. The van der Waals surface area contributed by atoms with Crippen molar-refractivity contribution in [3.05, 3.63) is 88.9 Å². The van der Waals surface area contributed by atoms with Gasteiger partial charge in [-0.15, -0.1) is 0 Å². The van der Waals surface area contributed by atoms with Gasteiger partial charge in [-0.1, -0.05) is 73.7 Å². The Morgan fingerprint density at radius 1 is 1.00 bits per heavy atom. The number of carbonyl (C=O) groups excluding carboxylic acids is 2. The molecular formula is C33H40ClN3O5S. The normalized spacial score (nSPS) is 14.5. The second-order valence-electron chi connectivity index (χ2n) is 10.9. The first kappa shape index (κ1) is 32.4. The maximum absolute atomic E-state index is 14.3. The number of anilines is 1. The van der Waals surface area contributed by atoms with Crippen LogP contribution >= 0.6 is 11.6 Å². The van der Waals surface area contributed by atoms with Crippen molar-refractivity contribution < 1.29 is 22.7 Å². The van der Waals surface area contributed by atoms with Crippen LogP contribution in [0.25, 0.3) is 0 Å². The van der Waals surface area contributed by atoms with Crippen LogP contribution in [0.1, 0.15) is 56.6 Å². The fourth-order valence-electron chi connectivity index (χ4n) is 5.43. The molecule has 2 amide bonds. The van der Waals surface area contributed by atoms with Crippen molar-refractivity contribution in [1.29, 1.82) is 0 Å². The molecule has 1 atom stereocenters. The molecule has 1 saturated carbocycles. The first-order valence-corrected chi connectivity index (χ1v) is 16.5. The Kier molecular flexibility index (Phi) is 11.1. The Balaban J connectivity index is 1.71. The van der Waals surface area contributed by atoms with Crippen molar-refractivity contribution in [2.75, 3.05) is 18.0 Å². The van der Waals surface area contributed by atoms with Gasteiger partial charge in [0.15, 0.2) is 0 Å². The molecule has 10 heteroatoms. The number of amides is 2. The zero-order valence-corrected chi connectivity index (χ0v) is 26.5. The van der Waals surface area contributed by atoms with Crippen LogP contribution in [0.3, 0.4) is 0 Å². The third-order valence-electron chi connectivity index (χ3n) is 7.81. The summed E-state index contributed by atoms with van der Waals surface area (Å²) in [7, 11) is -2.61.